The van der Waals surface area contributed by atoms with Crippen molar-refractivity contribution in [1.82, 2.24) is 5.32 Å². The first kappa shape index (κ1) is 14.3. The van der Waals surface area contributed by atoms with E-state index in [-0.39, 0.29) is 5.60 Å². The van der Waals surface area contributed by atoms with Gasteiger partial charge in [-0.05, 0) is 44.9 Å². The number of rotatable bonds is 4. The highest BCUT2D eigenvalue weighted by Gasteiger charge is 2.33. The summed E-state index contributed by atoms with van der Waals surface area (Å²) in [6.07, 6.45) is 10.5. The van der Waals surface area contributed by atoms with Gasteiger partial charge in [-0.15, -0.1) is 0 Å². The third kappa shape index (κ3) is 3.71. The van der Waals surface area contributed by atoms with Gasteiger partial charge in [0.2, 0.25) is 0 Å². The van der Waals surface area contributed by atoms with Crippen molar-refractivity contribution in [3.8, 4) is 0 Å². The molecule has 0 aromatic carbocycles. The van der Waals surface area contributed by atoms with Crippen LogP contribution in [0.2, 0.25) is 0 Å². The van der Waals surface area contributed by atoms with Crippen LogP contribution in [0.3, 0.4) is 0 Å². The van der Waals surface area contributed by atoms with Gasteiger partial charge in [0.15, 0.2) is 0 Å². The molecule has 1 aliphatic carbocycles. The van der Waals surface area contributed by atoms with E-state index < -0.39 is 0 Å². The van der Waals surface area contributed by atoms with E-state index in [2.05, 4.69) is 26.1 Å². The average molecular weight is 253 g/mol. The lowest BCUT2D eigenvalue weighted by molar-refractivity contribution is -0.0797. The number of nitrogens with one attached hydrogen (secondary N) is 1. The lowest BCUT2D eigenvalue weighted by Crippen LogP contribution is -2.49. The standard InChI is InChI=1S/C16H31NO/c1-4-13-7-6-8-14(11-13)17-15-9-10-18-16(3,5-2)12-15/h13-15,17H,4-12H2,1-3H3. The van der Waals surface area contributed by atoms with Crippen LogP contribution in [0.4, 0.5) is 0 Å². The van der Waals surface area contributed by atoms with Crippen molar-refractivity contribution in [2.24, 2.45) is 5.92 Å². The van der Waals surface area contributed by atoms with Crippen molar-refractivity contribution in [3.05, 3.63) is 0 Å². The van der Waals surface area contributed by atoms with Crippen molar-refractivity contribution in [2.75, 3.05) is 6.61 Å². The summed E-state index contributed by atoms with van der Waals surface area (Å²) in [5, 5.41) is 3.93. The van der Waals surface area contributed by atoms with Gasteiger partial charge in [-0.2, -0.15) is 0 Å². The van der Waals surface area contributed by atoms with Crippen molar-refractivity contribution >= 4 is 0 Å². The monoisotopic (exact) mass is 253 g/mol. The molecule has 4 atom stereocenters. The van der Waals surface area contributed by atoms with Gasteiger partial charge >= 0.3 is 0 Å². The fourth-order valence-corrected chi connectivity index (χ4v) is 3.66. The molecular formula is C16H31NO. The second-order valence-electron chi connectivity index (χ2n) is 6.65. The van der Waals surface area contributed by atoms with Crippen LogP contribution < -0.4 is 5.32 Å². The second-order valence-corrected chi connectivity index (χ2v) is 6.65. The lowest BCUT2D eigenvalue weighted by Gasteiger charge is -2.41. The van der Waals surface area contributed by atoms with Gasteiger partial charge in [-0.3, -0.25) is 0 Å². The number of hydrogen-bond acceptors (Lipinski definition) is 2. The Labute approximate surface area is 113 Å². The quantitative estimate of drug-likeness (QED) is 0.820. The molecule has 0 spiro atoms. The highest BCUT2D eigenvalue weighted by molar-refractivity contribution is 4.88. The molecule has 2 aliphatic rings. The molecule has 4 unspecified atom stereocenters. The first-order valence-electron chi connectivity index (χ1n) is 8.05. The van der Waals surface area contributed by atoms with Gasteiger partial charge in [0.05, 0.1) is 5.60 Å². The maximum Gasteiger partial charge on any atom is 0.0666 e. The second kappa shape index (κ2) is 6.38. The Balaban J connectivity index is 1.81. The van der Waals surface area contributed by atoms with Crippen molar-refractivity contribution < 1.29 is 4.74 Å². The minimum absolute atomic E-state index is 0.120. The topological polar surface area (TPSA) is 21.3 Å². The predicted octanol–water partition coefficient (Wildman–Crippen LogP) is 3.89. The van der Waals surface area contributed by atoms with Gasteiger partial charge in [-0.1, -0.05) is 33.1 Å². The molecule has 2 nitrogen and oxygen atoms in total. The minimum atomic E-state index is 0.120. The zero-order valence-electron chi connectivity index (χ0n) is 12.5. The molecule has 2 heteroatoms. The molecule has 0 aromatic rings. The van der Waals surface area contributed by atoms with Gasteiger partial charge in [-0.25, -0.2) is 0 Å². The summed E-state index contributed by atoms with van der Waals surface area (Å²) in [6.45, 7) is 7.80. The molecule has 2 rings (SSSR count). The van der Waals surface area contributed by atoms with E-state index in [1.165, 1.54) is 44.9 Å². The molecule has 0 radical (unpaired) electrons. The molecule has 1 saturated carbocycles. The molecule has 18 heavy (non-hydrogen) atoms. The maximum absolute atomic E-state index is 5.94. The van der Waals surface area contributed by atoms with Crippen LogP contribution in [0.25, 0.3) is 0 Å². The SMILES string of the molecule is CCC1CCCC(NC2CCOC(C)(CC)C2)C1. The fourth-order valence-electron chi connectivity index (χ4n) is 3.66. The van der Waals surface area contributed by atoms with E-state index in [9.17, 15) is 0 Å². The van der Waals surface area contributed by atoms with Crippen LogP contribution in [0, 0.1) is 5.92 Å². The van der Waals surface area contributed by atoms with E-state index in [0.717, 1.165) is 25.0 Å². The van der Waals surface area contributed by atoms with Crippen LogP contribution in [-0.2, 0) is 4.74 Å². The zero-order chi connectivity index (χ0) is 13.0. The van der Waals surface area contributed by atoms with Gasteiger partial charge in [0, 0.05) is 18.7 Å². The maximum atomic E-state index is 5.94. The molecule has 1 aliphatic heterocycles. The molecule has 1 N–H and O–H groups in total. The van der Waals surface area contributed by atoms with E-state index in [1.807, 2.05) is 0 Å². The molecule has 1 heterocycles. The molecule has 1 saturated heterocycles. The summed E-state index contributed by atoms with van der Waals surface area (Å²) in [7, 11) is 0. The number of hydrogen-bond donors (Lipinski definition) is 1. The Bertz CT molecular complexity index is 255. The third-order valence-corrected chi connectivity index (χ3v) is 5.17. The average Bonchev–Trinajstić information content (AvgIpc) is 2.39. The molecule has 106 valence electrons. The highest BCUT2D eigenvalue weighted by atomic mass is 16.5. The van der Waals surface area contributed by atoms with Crippen LogP contribution >= 0.6 is 0 Å². The first-order chi connectivity index (χ1) is 8.65. The molecule has 2 fully saturated rings. The Morgan fingerprint density at radius 1 is 1.17 bits per heavy atom. The summed E-state index contributed by atoms with van der Waals surface area (Å²) in [6, 6.07) is 1.46. The predicted molar refractivity (Wildman–Crippen MR) is 76.8 cm³/mol. The number of ether oxygens (including phenoxy) is 1. The van der Waals surface area contributed by atoms with Gasteiger partial charge in [0.1, 0.15) is 0 Å². The van der Waals surface area contributed by atoms with Crippen molar-refractivity contribution in [3.63, 3.8) is 0 Å². The normalized spacial score (nSPS) is 41.8. The van der Waals surface area contributed by atoms with Crippen molar-refractivity contribution in [1.29, 1.82) is 0 Å². The molecule has 0 bridgehead atoms. The van der Waals surface area contributed by atoms with Crippen LogP contribution in [-0.4, -0.2) is 24.3 Å². The summed E-state index contributed by atoms with van der Waals surface area (Å²) in [5.74, 6) is 0.966. The highest BCUT2D eigenvalue weighted by Crippen LogP contribution is 2.31. The van der Waals surface area contributed by atoms with E-state index >= 15 is 0 Å². The summed E-state index contributed by atoms with van der Waals surface area (Å²) >= 11 is 0. The molecule has 0 aromatic heterocycles. The summed E-state index contributed by atoms with van der Waals surface area (Å²) < 4.78 is 5.94. The summed E-state index contributed by atoms with van der Waals surface area (Å²) in [5.41, 5.74) is 0.120. The molecule has 0 amide bonds. The largest absolute Gasteiger partial charge is 0.375 e. The summed E-state index contributed by atoms with van der Waals surface area (Å²) in [4.78, 5) is 0. The zero-order valence-corrected chi connectivity index (χ0v) is 12.5. The van der Waals surface area contributed by atoms with Crippen LogP contribution in [0.5, 0.6) is 0 Å². The van der Waals surface area contributed by atoms with E-state index in [1.54, 1.807) is 0 Å². The smallest absolute Gasteiger partial charge is 0.0666 e. The van der Waals surface area contributed by atoms with Gasteiger partial charge < -0.3 is 10.1 Å². The van der Waals surface area contributed by atoms with Crippen LogP contribution in [0.1, 0.15) is 72.1 Å². The Hall–Kier alpha value is -0.0800. The Morgan fingerprint density at radius 2 is 2.00 bits per heavy atom. The van der Waals surface area contributed by atoms with Crippen LogP contribution in [0.15, 0.2) is 0 Å². The minimum Gasteiger partial charge on any atom is -0.375 e. The third-order valence-electron chi connectivity index (χ3n) is 5.17. The van der Waals surface area contributed by atoms with E-state index in [4.69, 9.17) is 4.74 Å². The Kier molecular flexibility index (Phi) is 5.08. The Morgan fingerprint density at radius 3 is 2.72 bits per heavy atom. The van der Waals surface area contributed by atoms with Crippen molar-refractivity contribution in [2.45, 2.75) is 89.8 Å². The fraction of sp³-hybridized carbons (Fsp3) is 1.00. The van der Waals surface area contributed by atoms with E-state index in [0.29, 0.717) is 6.04 Å². The lowest BCUT2D eigenvalue weighted by atomic mass is 9.83. The molecular weight excluding hydrogens is 222 g/mol. The first-order valence-corrected chi connectivity index (χ1v) is 8.05. The van der Waals surface area contributed by atoms with Gasteiger partial charge in [0.25, 0.3) is 0 Å².